The van der Waals surface area contributed by atoms with E-state index in [4.69, 9.17) is 19.8 Å². The van der Waals surface area contributed by atoms with Gasteiger partial charge in [0.15, 0.2) is 0 Å². The molecule has 5 aromatic rings. The number of thiazole rings is 1. The zero-order valence-corrected chi connectivity index (χ0v) is 38.5. The van der Waals surface area contributed by atoms with E-state index < -0.39 is 21.1 Å². The second-order valence-electron chi connectivity index (χ2n) is 18.4. The van der Waals surface area contributed by atoms with Crippen LogP contribution in [0.4, 0.5) is 16.0 Å². The van der Waals surface area contributed by atoms with Gasteiger partial charge >= 0.3 is 0 Å². The highest BCUT2D eigenvalue weighted by Crippen LogP contribution is 2.43. The third-order valence-corrected chi connectivity index (χ3v) is 15.7. The predicted octanol–water partition coefficient (Wildman–Crippen LogP) is 8.92. The van der Waals surface area contributed by atoms with Crippen LogP contribution in [-0.2, 0) is 25.0 Å². The fourth-order valence-electron chi connectivity index (χ4n) is 9.22. The number of amides is 2. The first-order chi connectivity index (χ1) is 30.6. The summed E-state index contributed by atoms with van der Waals surface area (Å²) < 4.78 is 47.3. The second kappa shape index (κ2) is 19.1. The SMILES string of the molecule is CCC(c1cccc(-c2nc(C(C)(C)C)sc2-c2ccnc(Nc3ccc(C4CCN(CC5CCC(Oc6ccc([C@@H]7CCC(=O)NC7=O)cn6)CC5)CC4)cc3)n2)c1F)S(N)(=O)=O. The number of aromatic nitrogens is 4. The number of pyridine rings is 1. The maximum Gasteiger partial charge on any atom is 0.234 e. The van der Waals surface area contributed by atoms with Gasteiger partial charge in [-0.1, -0.05) is 58.0 Å². The van der Waals surface area contributed by atoms with Gasteiger partial charge in [0.2, 0.25) is 33.7 Å². The van der Waals surface area contributed by atoms with Gasteiger partial charge in [0.25, 0.3) is 0 Å². The van der Waals surface area contributed by atoms with E-state index in [1.54, 1.807) is 37.5 Å². The number of nitrogens with zero attached hydrogens (tertiary/aromatic N) is 5. The summed E-state index contributed by atoms with van der Waals surface area (Å²) in [6, 6.07) is 18.7. The molecule has 3 aliphatic rings. The number of benzene rings is 2. The summed E-state index contributed by atoms with van der Waals surface area (Å²) in [5, 5.41) is 10.9. The zero-order valence-electron chi connectivity index (χ0n) is 36.8. The molecule has 3 aromatic heterocycles. The average molecular weight is 909 g/mol. The van der Waals surface area contributed by atoms with Crippen molar-refractivity contribution in [2.75, 3.05) is 25.0 Å². The highest BCUT2D eigenvalue weighted by atomic mass is 32.2. The Morgan fingerprint density at radius 2 is 1.67 bits per heavy atom. The number of likely N-dealkylation sites (tertiary alicyclic amines) is 1. The van der Waals surface area contributed by atoms with Crippen LogP contribution in [0.3, 0.4) is 0 Å². The molecule has 2 aromatic carbocycles. The van der Waals surface area contributed by atoms with Gasteiger partial charge in [-0.25, -0.2) is 37.9 Å². The van der Waals surface area contributed by atoms with Crippen molar-refractivity contribution in [3.05, 3.63) is 101 Å². The van der Waals surface area contributed by atoms with Gasteiger partial charge in [0.1, 0.15) is 17.2 Å². The fourth-order valence-corrected chi connectivity index (χ4v) is 11.3. The molecule has 5 heterocycles. The molecule has 2 aliphatic heterocycles. The highest BCUT2D eigenvalue weighted by Gasteiger charge is 2.32. The van der Waals surface area contributed by atoms with Crippen LogP contribution in [-0.4, -0.2) is 70.8 Å². The van der Waals surface area contributed by atoms with Crippen LogP contribution in [0.15, 0.2) is 73.1 Å². The summed E-state index contributed by atoms with van der Waals surface area (Å²) in [5.41, 5.74) is 3.82. The molecular formula is C48H57FN8O5S2. The number of hydrogen-bond donors (Lipinski definition) is 3. The number of carbonyl (C=O) groups is 2. The van der Waals surface area contributed by atoms with Gasteiger partial charge < -0.3 is 15.0 Å². The van der Waals surface area contributed by atoms with Gasteiger partial charge in [-0.3, -0.25) is 14.9 Å². The number of ether oxygens (including phenoxy) is 1. The lowest BCUT2D eigenvalue weighted by atomic mass is 9.85. The van der Waals surface area contributed by atoms with Crippen molar-refractivity contribution in [1.29, 1.82) is 0 Å². The number of imide groups is 1. The van der Waals surface area contributed by atoms with Gasteiger partial charge in [-0.05, 0) is 112 Å². The van der Waals surface area contributed by atoms with Gasteiger partial charge in [0, 0.05) is 53.7 Å². The Morgan fingerprint density at radius 3 is 2.33 bits per heavy atom. The Hall–Kier alpha value is -5.16. The van der Waals surface area contributed by atoms with Crippen LogP contribution < -0.4 is 20.5 Å². The highest BCUT2D eigenvalue weighted by molar-refractivity contribution is 7.89. The summed E-state index contributed by atoms with van der Waals surface area (Å²) in [4.78, 5) is 45.8. The number of anilines is 2. The average Bonchev–Trinajstić information content (AvgIpc) is 3.73. The lowest BCUT2D eigenvalue weighted by Gasteiger charge is -2.36. The van der Waals surface area contributed by atoms with Crippen molar-refractivity contribution in [1.82, 2.24) is 30.2 Å². The Labute approximate surface area is 378 Å². The Bertz CT molecular complexity index is 2570. The molecule has 0 radical (unpaired) electrons. The number of rotatable bonds is 13. The van der Waals surface area contributed by atoms with Crippen LogP contribution >= 0.6 is 11.3 Å². The molecule has 8 rings (SSSR count). The van der Waals surface area contributed by atoms with E-state index in [1.165, 1.54) is 23.0 Å². The molecule has 13 nitrogen and oxygen atoms in total. The summed E-state index contributed by atoms with van der Waals surface area (Å²) in [7, 11) is -4.04. The van der Waals surface area contributed by atoms with E-state index in [9.17, 15) is 18.0 Å². The summed E-state index contributed by atoms with van der Waals surface area (Å²) in [5.74, 6) is 0.627. The molecule has 0 spiro atoms. The topological polar surface area (TPSA) is 182 Å². The van der Waals surface area contributed by atoms with Gasteiger partial charge in [-0.2, -0.15) is 0 Å². The smallest absolute Gasteiger partial charge is 0.234 e. The van der Waals surface area contributed by atoms with Crippen molar-refractivity contribution >= 4 is 44.8 Å². The molecule has 3 fully saturated rings. The minimum atomic E-state index is -4.04. The molecule has 64 heavy (non-hydrogen) atoms. The Balaban J connectivity index is 0.842. The number of carbonyl (C=O) groups excluding carboxylic acids is 2. The summed E-state index contributed by atoms with van der Waals surface area (Å²) in [6.45, 7) is 11.0. The number of halogens is 1. The number of nitrogens with one attached hydrogen (secondary N) is 2. The molecule has 16 heteroatoms. The fraction of sp³-hybridized carbons (Fsp3) is 0.458. The zero-order chi connectivity index (χ0) is 45.2. The predicted molar refractivity (Wildman–Crippen MR) is 247 cm³/mol. The first-order valence-corrected chi connectivity index (χ1v) is 24.8. The second-order valence-corrected chi connectivity index (χ2v) is 21.2. The summed E-state index contributed by atoms with van der Waals surface area (Å²) in [6.07, 6.45) is 10.9. The molecular weight excluding hydrogens is 852 g/mol. The molecule has 2 amide bonds. The van der Waals surface area contributed by atoms with Crippen molar-refractivity contribution in [2.45, 2.75) is 114 Å². The van der Waals surface area contributed by atoms with E-state index in [0.717, 1.165) is 74.4 Å². The van der Waals surface area contributed by atoms with Gasteiger partial charge in [0.05, 0.1) is 27.2 Å². The monoisotopic (exact) mass is 908 g/mol. The minimum Gasteiger partial charge on any atom is -0.474 e. The normalized spacial score (nSPS) is 20.8. The standard InChI is InChI=1S/C48H57FN8O5S2/c1-5-39(64(50,60)61)36-7-6-8-37(42(36)49)43-44(63-46(56-43)48(2,3)4)38-21-24-51-47(54-38)53-33-14-11-30(12-15-33)31-22-25-57(26-23-31)28-29-9-16-34(17-10-29)62-41-20-13-32(27-52-41)35-18-19-40(58)55-45(35)59/h6-8,11-15,20-21,24,27,29,31,34-35,39H,5,9-10,16-19,22-23,25-26,28H2,1-4H3,(H2,50,60,61)(H,51,53,54)(H,55,58,59)/t29?,34?,35-,39?/m0/s1. The maximum atomic E-state index is 16.3. The van der Waals surface area contributed by atoms with E-state index in [2.05, 4.69) is 49.8 Å². The number of sulfonamides is 1. The molecule has 338 valence electrons. The largest absolute Gasteiger partial charge is 0.474 e. The van der Waals surface area contributed by atoms with Crippen LogP contribution in [0.1, 0.15) is 124 Å². The van der Waals surface area contributed by atoms with E-state index in [-0.39, 0.29) is 46.8 Å². The lowest BCUT2D eigenvalue weighted by Crippen LogP contribution is -2.39. The van der Waals surface area contributed by atoms with E-state index >= 15 is 4.39 Å². The minimum absolute atomic E-state index is 0.0211. The lowest BCUT2D eigenvalue weighted by molar-refractivity contribution is -0.134. The third kappa shape index (κ3) is 10.5. The first-order valence-electron chi connectivity index (χ1n) is 22.3. The van der Waals surface area contributed by atoms with Crippen molar-refractivity contribution < 1.29 is 27.1 Å². The number of primary sulfonamides is 1. The first kappa shape index (κ1) is 45.4. The third-order valence-electron chi connectivity index (χ3n) is 12.8. The van der Waals surface area contributed by atoms with Crippen LogP contribution in [0, 0.1) is 11.7 Å². The molecule has 0 bridgehead atoms. The van der Waals surface area contributed by atoms with Crippen molar-refractivity contribution in [2.24, 2.45) is 11.1 Å². The molecule has 2 saturated heterocycles. The van der Waals surface area contributed by atoms with Crippen molar-refractivity contribution in [3.8, 4) is 27.7 Å². The Morgan fingerprint density at radius 1 is 0.938 bits per heavy atom. The van der Waals surface area contributed by atoms with Crippen molar-refractivity contribution in [3.63, 3.8) is 0 Å². The Kier molecular flexibility index (Phi) is 13.6. The molecule has 1 aliphatic carbocycles. The molecule has 2 atom stereocenters. The van der Waals surface area contributed by atoms with E-state index in [1.807, 2.05) is 32.9 Å². The molecule has 1 unspecified atom stereocenters. The van der Waals surface area contributed by atoms with Crippen LogP contribution in [0.2, 0.25) is 0 Å². The number of piperidine rings is 2. The number of hydrogen-bond acceptors (Lipinski definition) is 12. The van der Waals surface area contributed by atoms with Crippen LogP contribution in [0.5, 0.6) is 5.88 Å². The summed E-state index contributed by atoms with van der Waals surface area (Å²) >= 11 is 1.43. The van der Waals surface area contributed by atoms with E-state index in [0.29, 0.717) is 52.8 Å². The molecule has 4 N–H and O–H groups in total. The number of nitrogens with two attached hydrogens (primary N) is 1. The quantitative estimate of drug-likeness (QED) is 0.0960. The van der Waals surface area contributed by atoms with Gasteiger partial charge in [-0.15, -0.1) is 11.3 Å². The van der Waals surface area contributed by atoms with Crippen LogP contribution in [0.25, 0.3) is 21.8 Å². The maximum absolute atomic E-state index is 16.3. The molecule has 1 saturated carbocycles.